The SMILES string of the molecule is COc1cc(OC)c(/C(O)=C2\C(=O)C(=O)N(CCN(C)C)C2c2ccccc2OC(C)C)cc1Cl. The summed E-state index contributed by atoms with van der Waals surface area (Å²) in [6, 6.07) is 9.31. The molecule has 0 saturated carbocycles. The van der Waals surface area contributed by atoms with Crippen LogP contribution in [0.1, 0.15) is 31.0 Å². The van der Waals surface area contributed by atoms with E-state index in [0.29, 0.717) is 23.6 Å². The van der Waals surface area contributed by atoms with Crippen molar-refractivity contribution in [2.75, 3.05) is 41.4 Å². The van der Waals surface area contributed by atoms with Crippen molar-refractivity contribution < 1.29 is 28.9 Å². The van der Waals surface area contributed by atoms with Crippen molar-refractivity contribution in [3.63, 3.8) is 0 Å². The van der Waals surface area contributed by atoms with Crippen LogP contribution in [0.25, 0.3) is 5.76 Å². The predicted octanol–water partition coefficient (Wildman–Crippen LogP) is 4.13. The summed E-state index contributed by atoms with van der Waals surface area (Å²) in [7, 11) is 6.65. The molecule has 1 unspecified atom stereocenters. The van der Waals surface area contributed by atoms with E-state index in [0.717, 1.165) is 0 Å². The number of likely N-dealkylation sites (tertiary alicyclic amines) is 1. The minimum Gasteiger partial charge on any atom is -0.507 e. The fourth-order valence-corrected chi connectivity index (χ4v) is 4.24. The van der Waals surface area contributed by atoms with E-state index in [1.54, 1.807) is 18.2 Å². The van der Waals surface area contributed by atoms with Gasteiger partial charge < -0.3 is 29.1 Å². The molecule has 0 aromatic heterocycles. The first-order valence-electron chi connectivity index (χ1n) is 11.2. The molecule has 1 N–H and O–H groups in total. The molecule has 0 radical (unpaired) electrons. The van der Waals surface area contributed by atoms with Crippen molar-refractivity contribution in [2.24, 2.45) is 0 Å². The Morgan fingerprint density at radius 3 is 2.34 bits per heavy atom. The van der Waals surface area contributed by atoms with Crippen LogP contribution in [0, 0.1) is 0 Å². The number of ether oxygens (including phenoxy) is 3. The molecule has 9 heteroatoms. The molecule has 1 atom stereocenters. The molecule has 1 amide bonds. The predicted molar refractivity (Wildman–Crippen MR) is 134 cm³/mol. The van der Waals surface area contributed by atoms with Crippen LogP contribution in [0.5, 0.6) is 17.2 Å². The maximum atomic E-state index is 13.3. The summed E-state index contributed by atoms with van der Waals surface area (Å²) in [5, 5.41) is 11.7. The van der Waals surface area contributed by atoms with E-state index < -0.39 is 17.7 Å². The number of rotatable bonds is 9. The zero-order valence-corrected chi connectivity index (χ0v) is 21.5. The lowest BCUT2D eigenvalue weighted by Crippen LogP contribution is -2.35. The number of aliphatic hydroxyl groups is 1. The molecule has 8 nitrogen and oxygen atoms in total. The topological polar surface area (TPSA) is 88.5 Å². The molecule has 1 aliphatic heterocycles. The molecule has 3 rings (SSSR count). The van der Waals surface area contributed by atoms with Gasteiger partial charge in [0.05, 0.1) is 42.5 Å². The van der Waals surface area contributed by atoms with Crippen molar-refractivity contribution in [1.82, 2.24) is 9.80 Å². The fraction of sp³-hybridized carbons (Fsp3) is 0.385. The maximum Gasteiger partial charge on any atom is 0.295 e. The number of benzene rings is 2. The third-order valence-electron chi connectivity index (χ3n) is 5.63. The van der Waals surface area contributed by atoms with Crippen LogP contribution < -0.4 is 14.2 Å². The van der Waals surface area contributed by atoms with Crippen LogP contribution in [-0.2, 0) is 9.59 Å². The number of halogens is 1. The molecule has 0 spiro atoms. The smallest absolute Gasteiger partial charge is 0.295 e. The molecule has 1 saturated heterocycles. The van der Waals surface area contributed by atoms with Crippen LogP contribution in [-0.4, -0.2) is 74.1 Å². The summed E-state index contributed by atoms with van der Waals surface area (Å²) in [4.78, 5) is 29.9. The Hall–Kier alpha value is -3.23. The summed E-state index contributed by atoms with van der Waals surface area (Å²) in [5.41, 5.74) is 0.712. The highest BCUT2D eigenvalue weighted by molar-refractivity contribution is 6.46. The minimum absolute atomic E-state index is 0.0619. The van der Waals surface area contributed by atoms with Crippen molar-refractivity contribution >= 4 is 29.1 Å². The molecule has 188 valence electrons. The molecule has 1 heterocycles. The number of methoxy groups -OCH3 is 2. The van der Waals surface area contributed by atoms with Gasteiger partial charge in [-0.25, -0.2) is 0 Å². The molecule has 2 aromatic rings. The van der Waals surface area contributed by atoms with Crippen LogP contribution in [0.15, 0.2) is 42.0 Å². The van der Waals surface area contributed by atoms with Gasteiger partial charge in [0.15, 0.2) is 0 Å². The number of aliphatic hydroxyl groups excluding tert-OH is 1. The number of likely N-dealkylation sites (N-methyl/N-ethyl adjacent to an activating group) is 1. The van der Waals surface area contributed by atoms with E-state index in [4.69, 9.17) is 25.8 Å². The average Bonchev–Trinajstić information content (AvgIpc) is 3.06. The summed E-state index contributed by atoms with van der Waals surface area (Å²) in [6.07, 6.45) is -0.138. The van der Waals surface area contributed by atoms with E-state index in [1.807, 2.05) is 38.9 Å². The minimum atomic E-state index is -0.865. The number of para-hydroxylation sites is 1. The Labute approximate surface area is 210 Å². The normalized spacial score (nSPS) is 17.4. The monoisotopic (exact) mass is 502 g/mol. The van der Waals surface area contributed by atoms with Gasteiger partial charge in [0.25, 0.3) is 11.7 Å². The lowest BCUT2D eigenvalue weighted by Gasteiger charge is -2.28. The van der Waals surface area contributed by atoms with Gasteiger partial charge in [-0.3, -0.25) is 9.59 Å². The first kappa shape index (κ1) is 26.4. The Kier molecular flexibility index (Phi) is 8.30. The molecule has 35 heavy (non-hydrogen) atoms. The van der Waals surface area contributed by atoms with Crippen LogP contribution in [0.3, 0.4) is 0 Å². The van der Waals surface area contributed by atoms with Crippen LogP contribution in [0.2, 0.25) is 5.02 Å². The van der Waals surface area contributed by atoms with Crippen molar-refractivity contribution in [3.05, 3.63) is 58.1 Å². The number of amides is 1. The second-order valence-corrected chi connectivity index (χ2v) is 9.09. The second kappa shape index (κ2) is 11.0. The summed E-state index contributed by atoms with van der Waals surface area (Å²) >= 11 is 6.32. The van der Waals surface area contributed by atoms with E-state index in [2.05, 4.69) is 0 Å². The Bertz CT molecular complexity index is 1140. The van der Waals surface area contributed by atoms with E-state index in [-0.39, 0.29) is 40.3 Å². The highest BCUT2D eigenvalue weighted by atomic mass is 35.5. The van der Waals surface area contributed by atoms with Gasteiger partial charge in [-0.05, 0) is 40.1 Å². The molecule has 1 fully saturated rings. The van der Waals surface area contributed by atoms with Gasteiger partial charge in [-0.15, -0.1) is 0 Å². The van der Waals surface area contributed by atoms with Gasteiger partial charge in [-0.2, -0.15) is 0 Å². The third kappa shape index (κ3) is 5.39. The molecule has 1 aliphatic rings. The van der Waals surface area contributed by atoms with Crippen molar-refractivity contribution in [1.29, 1.82) is 0 Å². The number of carbonyl (C=O) groups is 2. The largest absolute Gasteiger partial charge is 0.507 e. The zero-order chi connectivity index (χ0) is 25.9. The van der Waals surface area contributed by atoms with E-state index in [9.17, 15) is 14.7 Å². The Morgan fingerprint density at radius 1 is 1.09 bits per heavy atom. The molecular formula is C26H31ClN2O6. The molecular weight excluding hydrogens is 472 g/mol. The lowest BCUT2D eigenvalue weighted by atomic mass is 9.94. The zero-order valence-electron chi connectivity index (χ0n) is 20.8. The molecule has 0 aliphatic carbocycles. The van der Waals surface area contributed by atoms with E-state index >= 15 is 0 Å². The van der Waals surface area contributed by atoms with Gasteiger partial charge >= 0.3 is 0 Å². The standard InChI is InChI=1S/C26H31ClN2O6/c1-15(2)35-19-10-8-7-9-16(19)23-22(25(31)26(32)29(23)12-11-28(3)4)24(30)17-13-18(27)21(34-6)14-20(17)33-5/h7-10,13-15,23,30H,11-12H2,1-6H3/b24-22+. The second-order valence-electron chi connectivity index (χ2n) is 8.69. The fourth-order valence-electron chi connectivity index (χ4n) is 4.00. The Balaban J connectivity index is 2.28. The average molecular weight is 503 g/mol. The third-order valence-corrected chi connectivity index (χ3v) is 5.93. The number of nitrogens with zero attached hydrogens (tertiary/aromatic N) is 2. The number of hydrogen-bond donors (Lipinski definition) is 1. The molecule has 2 aromatic carbocycles. The molecule has 0 bridgehead atoms. The van der Waals surface area contributed by atoms with Gasteiger partial charge in [0, 0.05) is 24.7 Å². The Morgan fingerprint density at radius 2 is 1.74 bits per heavy atom. The summed E-state index contributed by atoms with van der Waals surface area (Å²) in [5.74, 6) is -0.764. The highest BCUT2D eigenvalue weighted by Gasteiger charge is 2.47. The van der Waals surface area contributed by atoms with Gasteiger partial charge in [-0.1, -0.05) is 29.8 Å². The van der Waals surface area contributed by atoms with E-state index in [1.165, 1.54) is 31.3 Å². The van der Waals surface area contributed by atoms with Crippen molar-refractivity contribution in [3.8, 4) is 17.2 Å². The van der Waals surface area contributed by atoms with Crippen LogP contribution in [0.4, 0.5) is 0 Å². The maximum absolute atomic E-state index is 13.3. The number of ketones is 1. The van der Waals surface area contributed by atoms with Crippen LogP contribution >= 0.6 is 11.6 Å². The van der Waals surface area contributed by atoms with Crippen molar-refractivity contribution in [2.45, 2.75) is 26.0 Å². The number of hydrogen-bond acceptors (Lipinski definition) is 7. The summed E-state index contributed by atoms with van der Waals surface area (Å²) < 4.78 is 16.7. The summed E-state index contributed by atoms with van der Waals surface area (Å²) in [6.45, 7) is 4.58. The van der Waals surface area contributed by atoms with Gasteiger partial charge in [0.2, 0.25) is 0 Å². The van der Waals surface area contributed by atoms with Gasteiger partial charge in [0.1, 0.15) is 23.0 Å². The first-order valence-corrected chi connectivity index (χ1v) is 11.6. The quantitative estimate of drug-likeness (QED) is 0.313. The first-order chi connectivity index (χ1) is 16.6. The number of Topliss-reactive ketones (excluding diaryl/α,β-unsaturated/α-hetero) is 1. The number of carbonyl (C=O) groups excluding carboxylic acids is 2. The lowest BCUT2D eigenvalue weighted by molar-refractivity contribution is -0.140. The highest BCUT2D eigenvalue weighted by Crippen LogP contribution is 2.45.